The monoisotopic (exact) mass is 432 g/mol. The molecule has 12 heteroatoms. The van der Waals surface area contributed by atoms with Crippen molar-refractivity contribution in [1.82, 2.24) is 14.8 Å². The number of thiophene rings is 1. The Hall–Kier alpha value is -2.14. The van der Waals surface area contributed by atoms with Crippen LogP contribution in [0.2, 0.25) is 9.36 Å². The van der Waals surface area contributed by atoms with Crippen LogP contribution in [0.1, 0.15) is 10.4 Å². The van der Waals surface area contributed by atoms with Crippen LogP contribution < -0.4 is 4.72 Å². The van der Waals surface area contributed by atoms with E-state index in [0.717, 1.165) is 11.3 Å². The molecule has 0 amide bonds. The minimum Gasteiger partial charge on any atom is -0.465 e. The predicted octanol–water partition coefficient (Wildman–Crippen LogP) is 3.22. The van der Waals surface area contributed by atoms with Gasteiger partial charge in [0, 0.05) is 0 Å². The molecule has 0 bridgehead atoms. The molecule has 1 N–H and O–H groups in total. The molecule has 0 saturated carbocycles. The second kappa shape index (κ2) is 7.23. The van der Waals surface area contributed by atoms with Gasteiger partial charge in [0.25, 0.3) is 10.0 Å². The molecule has 0 aliphatic heterocycles. The molecule has 0 aliphatic carbocycles. The Bertz CT molecular complexity index is 1050. The minimum absolute atomic E-state index is 0.0690. The van der Waals surface area contributed by atoms with Crippen molar-refractivity contribution in [2.24, 2.45) is 0 Å². The third-order valence-corrected chi connectivity index (χ3v) is 6.92. The molecule has 0 saturated heterocycles. The fourth-order valence-corrected chi connectivity index (χ4v) is 4.99. The van der Waals surface area contributed by atoms with Crippen molar-refractivity contribution in [3.05, 3.63) is 51.8 Å². The van der Waals surface area contributed by atoms with E-state index in [9.17, 15) is 13.2 Å². The molecule has 0 spiro atoms. The van der Waals surface area contributed by atoms with Gasteiger partial charge in [-0.25, -0.2) is 22.9 Å². The van der Waals surface area contributed by atoms with Crippen LogP contribution in [0.25, 0.3) is 5.69 Å². The largest absolute Gasteiger partial charge is 0.465 e. The molecule has 2 heterocycles. The Kier molecular flexibility index (Phi) is 5.19. The summed E-state index contributed by atoms with van der Waals surface area (Å²) in [4.78, 5) is 15.6. The summed E-state index contributed by atoms with van der Waals surface area (Å²) in [5.41, 5.74) is 0.642. The standard InChI is InChI=1S/C14H10Cl2N4O4S2/c1-24-14(21)8-2-3-11(20-7-17-6-18-20)10(4-8)19-26(22,23)12-5-9(15)13(16)25-12/h2-7,19H,1H3. The molecule has 3 aromatic rings. The van der Waals surface area contributed by atoms with Crippen molar-refractivity contribution in [2.75, 3.05) is 11.8 Å². The number of ether oxygens (including phenoxy) is 1. The highest BCUT2D eigenvalue weighted by Gasteiger charge is 2.22. The van der Waals surface area contributed by atoms with E-state index >= 15 is 0 Å². The molecule has 1 aromatic carbocycles. The van der Waals surface area contributed by atoms with Crippen LogP contribution in [0.15, 0.2) is 41.1 Å². The van der Waals surface area contributed by atoms with Crippen LogP contribution in [0.3, 0.4) is 0 Å². The molecule has 0 aliphatic rings. The number of nitrogens with zero attached hydrogens (tertiary/aromatic N) is 3. The molecule has 136 valence electrons. The van der Waals surface area contributed by atoms with Gasteiger partial charge in [-0.15, -0.1) is 11.3 Å². The van der Waals surface area contributed by atoms with Crippen molar-refractivity contribution in [3.63, 3.8) is 0 Å². The molecule has 0 unspecified atom stereocenters. The summed E-state index contributed by atoms with van der Waals surface area (Å²) < 4.78 is 33.9. The molecule has 0 atom stereocenters. The number of sulfonamides is 1. The topological polar surface area (TPSA) is 103 Å². The van der Waals surface area contributed by atoms with Gasteiger partial charge in [-0.2, -0.15) is 5.10 Å². The van der Waals surface area contributed by atoms with Gasteiger partial charge in [-0.3, -0.25) is 4.72 Å². The van der Waals surface area contributed by atoms with Gasteiger partial charge in [0.2, 0.25) is 0 Å². The number of hydrogen-bond donors (Lipinski definition) is 1. The van der Waals surface area contributed by atoms with Gasteiger partial charge in [0.05, 0.1) is 29.1 Å². The van der Waals surface area contributed by atoms with Gasteiger partial charge in [-0.1, -0.05) is 23.2 Å². The minimum atomic E-state index is -3.99. The first-order valence-electron chi connectivity index (χ1n) is 6.87. The van der Waals surface area contributed by atoms with Crippen LogP contribution in [-0.2, 0) is 14.8 Å². The molecule has 0 radical (unpaired) electrons. The normalized spacial score (nSPS) is 11.3. The van der Waals surface area contributed by atoms with Crippen LogP contribution in [-0.4, -0.2) is 36.3 Å². The number of esters is 1. The average molecular weight is 433 g/mol. The Balaban J connectivity index is 2.08. The Morgan fingerprint density at radius 1 is 1.31 bits per heavy atom. The van der Waals surface area contributed by atoms with Gasteiger partial charge >= 0.3 is 5.97 Å². The summed E-state index contributed by atoms with van der Waals surface area (Å²) in [7, 11) is -2.76. The first-order valence-corrected chi connectivity index (χ1v) is 9.92. The molecule has 3 rings (SSSR count). The zero-order chi connectivity index (χ0) is 18.9. The van der Waals surface area contributed by atoms with Crippen LogP contribution in [0, 0.1) is 0 Å². The number of aromatic nitrogens is 3. The first-order chi connectivity index (χ1) is 12.3. The highest BCUT2D eigenvalue weighted by Crippen LogP contribution is 2.35. The number of halogens is 2. The van der Waals surface area contributed by atoms with E-state index in [1.54, 1.807) is 0 Å². The highest BCUT2D eigenvalue weighted by atomic mass is 35.5. The van der Waals surface area contributed by atoms with Gasteiger partial charge in [0.1, 0.15) is 21.2 Å². The SMILES string of the molecule is COC(=O)c1ccc(-n2cncn2)c(NS(=O)(=O)c2cc(Cl)c(Cl)s2)c1. The van der Waals surface area contributed by atoms with E-state index < -0.39 is 16.0 Å². The Morgan fingerprint density at radius 2 is 2.08 bits per heavy atom. The van der Waals surface area contributed by atoms with E-state index in [2.05, 4.69) is 19.5 Å². The van der Waals surface area contributed by atoms with Crippen molar-refractivity contribution in [2.45, 2.75) is 4.21 Å². The summed E-state index contributed by atoms with van der Waals surface area (Å²) >= 11 is 12.5. The number of carbonyl (C=O) groups excluding carboxylic acids is 1. The summed E-state index contributed by atoms with van der Waals surface area (Å²) in [6.07, 6.45) is 2.69. The summed E-state index contributed by atoms with van der Waals surface area (Å²) in [5, 5.41) is 4.11. The maximum Gasteiger partial charge on any atom is 0.337 e. The van der Waals surface area contributed by atoms with Crippen LogP contribution in [0.4, 0.5) is 5.69 Å². The number of rotatable bonds is 5. The van der Waals surface area contributed by atoms with Crippen molar-refractivity contribution >= 4 is 56.2 Å². The first kappa shape index (κ1) is 18.6. The average Bonchev–Trinajstić information content (AvgIpc) is 3.24. The molecule has 26 heavy (non-hydrogen) atoms. The molecular weight excluding hydrogens is 423 g/mol. The van der Waals surface area contributed by atoms with Gasteiger partial charge in [0.15, 0.2) is 0 Å². The number of carbonyl (C=O) groups is 1. The molecule has 2 aromatic heterocycles. The number of hydrogen-bond acceptors (Lipinski definition) is 7. The third kappa shape index (κ3) is 3.68. The van der Waals surface area contributed by atoms with E-state index in [0.29, 0.717) is 5.69 Å². The van der Waals surface area contributed by atoms with Crippen molar-refractivity contribution in [3.8, 4) is 5.69 Å². The second-order valence-corrected chi connectivity index (χ2v) is 8.83. The number of anilines is 1. The maximum absolute atomic E-state index is 12.7. The van der Waals surface area contributed by atoms with Gasteiger partial charge < -0.3 is 4.74 Å². The quantitative estimate of drug-likeness (QED) is 0.620. The van der Waals surface area contributed by atoms with E-state index in [-0.39, 0.29) is 24.8 Å². The lowest BCUT2D eigenvalue weighted by atomic mass is 10.2. The summed E-state index contributed by atoms with van der Waals surface area (Å²) in [6.45, 7) is 0. The fourth-order valence-electron chi connectivity index (χ4n) is 2.05. The van der Waals surface area contributed by atoms with E-state index in [1.165, 1.54) is 48.7 Å². The van der Waals surface area contributed by atoms with E-state index in [1.807, 2.05) is 0 Å². The molecular formula is C14H10Cl2N4O4S2. The lowest BCUT2D eigenvalue weighted by Gasteiger charge is -2.13. The highest BCUT2D eigenvalue weighted by molar-refractivity contribution is 7.94. The lowest BCUT2D eigenvalue weighted by Crippen LogP contribution is -2.15. The van der Waals surface area contributed by atoms with E-state index in [4.69, 9.17) is 23.2 Å². The van der Waals surface area contributed by atoms with Crippen LogP contribution >= 0.6 is 34.5 Å². The molecule has 8 nitrogen and oxygen atoms in total. The zero-order valence-corrected chi connectivity index (χ0v) is 16.2. The summed E-state index contributed by atoms with van der Waals surface area (Å²) in [6, 6.07) is 5.60. The maximum atomic E-state index is 12.7. The number of benzene rings is 1. The second-order valence-electron chi connectivity index (χ2n) is 4.86. The van der Waals surface area contributed by atoms with Crippen molar-refractivity contribution < 1.29 is 17.9 Å². The zero-order valence-electron chi connectivity index (χ0n) is 13.0. The predicted molar refractivity (Wildman–Crippen MR) is 97.8 cm³/mol. The number of methoxy groups -OCH3 is 1. The molecule has 0 fully saturated rings. The smallest absolute Gasteiger partial charge is 0.337 e. The fraction of sp³-hybridized carbons (Fsp3) is 0.0714. The van der Waals surface area contributed by atoms with Gasteiger partial charge in [-0.05, 0) is 24.3 Å². The Morgan fingerprint density at radius 3 is 2.65 bits per heavy atom. The lowest BCUT2D eigenvalue weighted by molar-refractivity contribution is 0.0601. The van der Waals surface area contributed by atoms with Crippen molar-refractivity contribution in [1.29, 1.82) is 0 Å². The third-order valence-electron chi connectivity index (χ3n) is 3.21. The summed E-state index contributed by atoms with van der Waals surface area (Å²) in [5.74, 6) is -0.613. The number of nitrogens with one attached hydrogen (secondary N) is 1. The Labute approximate surface area is 162 Å². The van der Waals surface area contributed by atoms with Crippen LogP contribution in [0.5, 0.6) is 0 Å².